The van der Waals surface area contributed by atoms with Crippen molar-refractivity contribution in [3.05, 3.63) is 105 Å². The molecule has 5 aromatic rings. The van der Waals surface area contributed by atoms with Crippen LogP contribution in [0.2, 0.25) is 0 Å². The second-order valence-corrected chi connectivity index (χ2v) is 7.35. The Morgan fingerprint density at radius 1 is 1.00 bits per heavy atom. The first-order chi connectivity index (χ1) is 15.0. The van der Waals surface area contributed by atoms with Crippen LogP contribution in [-0.4, -0.2) is 24.1 Å². The number of para-hydroxylation sites is 1. The summed E-state index contributed by atoms with van der Waals surface area (Å²) in [6.07, 6.45) is 0. The lowest BCUT2D eigenvalue weighted by atomic mass is 10.1. The van der Waals surface area contributed by atoms with Gasteiger partial charge in [-0.15, -0.1) is 5.10 Å². The van der Waals surface area contributed by atoms with Crippen LogP contribution in [0.1, 0.15) is 11.1 Å². The van der Waals surface area contributed by atoms with Gasteiger partial charge in [0.05, 0.1) is 17.0 Å². The summed E-state index contributed by atoms with van der Waals surface area (Å²) in [4.78, 5) is 28.5. The number of hydrogen-bond acceptors (Lipinski definition) is 5. The minimum atomic E-state index is -0.445. The fourth-order valence-corrected chi connectivity index (χ4v) is 3.70. The second-order valence-electron chi connectivity index (χ2n) is 7.35. The highest BCUT2D eigenvalue weighted by atomic mass is 16.6. The molecule has 8 heteroatoms. The molecule has 3 aromatic carbocycles. The molecule has 0 bridgehead atoms. The minimum Gasteiger partial charge on any atom is -0.287 e. The third-order valence-electron chi connectivity index (χ3n) is 5.22. The number of nitro groups is 1. The number of rotatable bonds is 4. The van der Waals surface area contributed by atoms with Crippen LogP contribution in [0.5, 0.6) is 0 Å². The second kappa shape index (κ2) is 7.17. The van der Waals surface area contributed by atoms with Crippen LogP contribution in [0.4, 0.5) is 5.69 Å². The molecule has 0 saturated carbocycles. The number of fused-ring (bicyclic) bond motifs is 3. The van der Waals surface area contributed by atoms with Gasteiger partial charge in [-0.25, -0.2) is 9.78 Å². The summed E-state index contributed by atoms with van der Waals surface area (Å²) in [5.41, 5.74) is 3.61. The van der Waals surface area contributed by atoms with Crippen LogP contribution in [0.3, 0.4) is 0 Å². The van der Waals surface area contributed by atoms with Gasteiger partial charge in [0.2, 0.25) is 0 Å². The predicted molar refractivity (Wildman–Crippen MR) is 117 cm³/mol. The minimum absolute atomic E-state index is 0.00970. The van der Waals surface area contributed by atoms with E-state index in [9.17, 15) is 14.9 Å². The average molecular weight is 411 g/mol. The highest BCUT2D eigenvalue weighted by molar-refractivity contribution is 5.92. The summed E-state index contributed by atoms with van der Waals surface area (Å²) in [5, 5.41) is 16.2. The van der Waals surface area contributed by atoms with E-state index >= 15 is 0 Å². The Morgan fingerprint density at radius 2 is 1.77 bits per heavy atom. The summed E-state index contributed by atoms with van der Waals surface area (Å²) in [7, 11) is 0. The third-order valence-corrected chi connectivity index (χ3v) is 5.22. The van der Waals surface area contributed by atoms with Crippen LogP contribution in [0, 0.1) is 17.0 Å². The number of nitrogens with zero attached hydrogens (tertiary/aromatic N) is 5. The van der Waals surface area contributed by atoms with Crippen LogP contribution >= 0.6 is 0 Å². The number of hydrogen-bond donors (Lipinski definition) is 0. The van der Waals surface area contributed by atoms with Crippen molar-refractivity contribution >= 4 is 22.2 Å². The highest BCUT2D eigenvalue weighted by Gasteiger charge is 2.16. The SMILES string of the molecule is Cc1cccc(-c2nc3c4ccccc4n(Cc4ccc([N+](=O)[O-])cc4)c(=O)n3n2)c1. The topological polar surface area (TPSA) is 95.3 Å². The molecular weight excluding hydrogens is 394 g/mol. The first-order valence-corrected chi connectivity index (χ1v) is 9.70. The van der Waals surface area contributed by atoms with Gasteiger partial charge in [-0.2, -0.15) is 4.52 Å². The van der Waals surface area contributed by atoms with Crippen molar-refractivity contribution < 1.29 is 4.92 Å². The van der Waals surface area contributed by atoms with E-state index < -0.39 is 4.92 Å². The Balaban J connectivity index is 1.70. The summed E-state index contributed by atoms with van der Waals surface area (Å²) in [5.74, 6) is 0.485. The van der Waals surface area contributed by atoms with Crippen molar-refractivity contribution in [3.8, 4) is 11.4 Å². The van der Waals surface area contributed by atoms with Crippen molar-refractivity contribution in [2.45, 2.75) is 13.5 Å². The molecule has 0 aliphatic rings. The van der Waals surface area contributed by atoms with E-state index in [4.69, 9.17) is 0 Å². The maximum absolute atomic E-state index is 13.3. The molecular formula is C23H17N5O3. The van der Waals surface area contributed by atoms with Crippen molar-refractivity contribution in [3.63, 3.8) is 0 Å². The summed E-state index contributed by atoms with van der Waals surface area (Å²) in [6, 6.07) is 21.5. The van der Waals surface area contributed by atoms with Gasteiger partial charge in [0, 0.05) is 23.1 Å². The fraction of sp³-hybridized carbons (Fsp3) is 0.0870. The van der Waals surface area contributed by atoms with Gasteiger partial charge in [-0.1, -0.05) is 48.0 Å². The van der Waals surface area contributed by atoms with Gasteiger partial charge < -0.3 is 0 Å². The smallest absolute Gasteiger partial charge is 0.287 e. The molecule has 31 heavy (non-hydrogen) atoms. The van der Waals surface area contributed by atoms with Gasteiger partial charge in [-0.3, -0.25) is 14.7 Å². The van der Waals surface area contributed by atoms with E-state index in [2.05, 4.69) is 10.1 Å². The lowest BCUT2D eigenvalue weighted by Gasteiger charge is -2.11. The first-order valence-electron chi connectivity index (χ1n) is 9.70. The molecule has 0 amide bonds. The molecule has 0 atom stereocenters. The molecule has 2 aromatic heterocycles. The zero-order chi connectivity index (χ0) is 21.5. The predicted octanol–water partition coefficient (Wildman–Crippen LogP) is 3.98. The fourth-order valence-electron chi connectivity index (χ4n) is 3.70. The first kappa shape index (κ1) is 18.7. The van der Waals surface area contributed by atoms with Crippen LogP contribution in [0.25, 0.3) is 27.9 Å². The maximum Gasteiger partial charge on any atom is 0.351 e. The van der Waals surface area contributed by atoms with Gasteiger partial charge >= 0.3 is 5.69 Å². The molecule has 8 nitrogen and oxygen atoms in total. The molecule has 0 unspecified atom stereocenters. The van der Waals surface area contributed by atoms with Crippen molar-refractivity contribution in [2.75, 3.05) is 0 Å². The number of nitro benzene ring substituents is 1. The van der Waals surface area contributed by atoms with Crippen LogP contribution in [0.15, 0.2) is 77.6 Å². The van der Waals surface area contributed by atoms with E-state index in [1.165, 1.54) is 16.6 Å². The largest absolute Gasteiger partial charge is 0.351 e. The number of aromatic nitrogens is 4. The molecule has 0 N–H and O–H groups in total. The molecule has 152 valence electrons. The molecule has 2 heterocycles. The lowest BCUT2D eigenvalue weighted by Crippen LogP contribution is -2.28. The number of aryl methyl sites for hydroxylation is 1. The Morgan fingerprint density at radius 3 is 2.52 bits per heavy atom. The lowest BCUT2D eigenvalue weighted by molar-refractivity contribution is -0.384. The van der Waals surface area contributed by atoms with Crippen molar-refractivity contribution in [2.24, 2.45) is 0 Å². The van der Waals surface area contributed by atoms with Gasteiger partial charge in [0.15, 0.2) is 11.5 Å². The quantitative estimate of drug-likeness (QED) is 0.329. The summed E-state index contributed by atoms with van der Waals surface area (Å²) >= 11 is 0. The van der Waals surface area contributed by atoms with E-state index in [1.54, 1.807) is 16.7 Å². The van der Waals surface area contributed by atoms with E-state index in [-0.39, 0.29) is 17.9 Å². The van der Waals surface area contributed by atoms with Crippen molar-refractivity contribution in [1.82, 2.24) is 19.2 Å². The molecule has 5 rings (SSSR count). The Bertz CT molecular complexity index is 1520. The third kappa shape index (κ3) is 3.24. The molecule has 0 saturated heterocycles. The zero-order valence-electron chi connectivity index (χ0n) is 16.6. The van der Waals surface area contributed by atoms with Gasteiger partial charge in [-0.05, 0) is 30.7 Å². The van der Waals surface area contributed by atoms with E-state index in [1.807, 2.05) is 55.5 Å². The molecule has 0 spiro atoms. The highest BCUT2D eigenvalue weighted by Crippen LogP contribution is 2.22. The molecule has 0 aliphatic carbocycles. The number of non-ortho nitro benzene ring substituents is 1. The van der Waals surface area contributed by atoms with Gasteiger partial charge in [0.1, 0.15) is 0 Å². The summed E-state index contributed by atoms with van der Waals surface area (Å²) in [6.45, 7) is 2.25. The van der Waals surface area contributed by atoms with Gasteiger partial charge in [0.25, 0.3) is 5.69 Å². The summed E-state index contributed by atoms with van der Waals surface area (Å²) < 4.78 is 2.93. The van der Waals surface area contributed by atoms with Crippen molar-refractivity contribution in [1.29, 1.82) is 0 Å². The molecule has 0 aliphatic heterocycles. The monoisotopic (exact) mass is 411 g/mol. The average Bonchev–Trinajstić information content (AvgIpc) is 3.23. The Kier molecular flexibility index (Phi) is 4.32. The number of benzene rings is 3. The normalized spacial score (nSPS) is 11.3. The molecule has 0 radical (unpaired) electrons. The van der Waals surface area contributed by atoms with E-state index in [0.29, 0.717) is 11.5 Å². The molecule has 0 fully saturated rings. The maximum atomic E-state index is 13.3. The van der Waals surface area contributed by atoms with Crippen LogP contribution in [-0.2, 0) is 6.54 Å². The zero-order valence-corrected chi connectivity index (χ0v) is 16.6. The standard InChI is InChI=1S/C23H17N5O3/c1-15-5-4-6-17(13-15)21-24-22-19-7-2-3-8-20(19)26(23(29)27(22)25-21)14-16-9-11-18(12-10-16)28(30)31/h2-13H,14H2,1H3. The van der Waals surface area contributed by atoms with Crippen LogP contribution < -0.4 is 5.69 Å². The Labute approximate surface area is 176 Å². The Hall–Kier alpha value is -4.33. The van der Waals surface area contributed by atoms with E-state index in [0.717, 1.165) is 27.6 Å².